The number of aromatic nitrogens is 1. The Morgan fingerprint density at radius 3 is 2.39 bits per heavy atom. The molecule has 0 radical (unpaired) electrons. The van der Waals surface area contributed by atoms with E-state index in [-0.39, 0.29) is 5.60 Å². The maximum atomic E-state index is 6.00. The van der Waals surface area contributed by atoms with Gasteiger partial charge in [0.1, 0.15) is 11.4 Å². The summed E-state index contributed by atoms with van der Waals surface area (Å²) in [6.07, 6.45) is 1.82. The van der Waals surface area contributed by atoms with Crippen LogP contribution in [-0.4, -0.2) is 10.6 Å². The summed E-state index contributed by atoms with van der Waals surface area (Å²) >= 11 is 0. The third-order valence-electron chi connectivity index (χ3n) is 2.57. The van der Waals surface area contributed by atoms with Gasteiger partial charge < -0.3 is 4.74 Å². The Bertz CT molecular complexity index is 541. The predicted molar refractivity (Wildman–Crippen MR) is 74.8 cm³/mol. The second-order valence-corrected chi connectivity index (χ2v) is 5.38. The summed E-state index contributed by atoms with van der Waals surface area (Å²) < 4.78 is 6.00. The van der Waals surface area contributed by atoms with Crippen molar-refractivity contribution in [2.45, 2.75) is 33.3 Å². The minimum atomic E-state index is -0.210. The van der Waals surface area contributed by atoms with E-state index in [0.717, 1.165) is 22.6 Å². The van der Waals surface area contributed by atoms with Crippen molar-refractivity contribution in [2.75, 3.05) is 0 Å². The molecule has 2 rings (SSSR count). The quantitative estimate of drug-likeness (QED) is 0.784. The van der Waals surface area contributed by atoms with Crippen molar-refractivity contribution < 1.29 is 4.74 Å². The Kier molecular flexibility index (Phi) is 3.37. The molecule has 0 saturated carbocycles. The van der Waals surface area contributed by atoms with Gasteiger partial charge in [0.05, 0.1) is 5.69 Å². The highest BCUT2D eigenvalue weighted by Crippen LogP contribution is 2.32. The lowest BCUT2D eigenvalue weighted by Gasteiger charge is -2.23. The van der Waals surface area contributed by atoms with Gasteiger partial charge in [-0.05, 0) is 51.5 Å². The van der Waals surface area contributed by atoms with Crippen LogP contribution in [0.5, 0.6) is 5.75 Å². The fourth-order valence-corrected chi connectivity index (χ4v) is 1.85. The van der Waals surface area contributed by atoms with Crippen LogP contribution < -0.4 is 4.74 Å². The summed E-state index contributed by atoms with van der Waals surface area (Å²) in [6, 6.07) is 12.1. The van der Waals surface area contributed by atoms with Gasteiger partial charge >= 0.3 is 0 Å². The Morgan fingerprint density at radius 2 is 1.72 bits per heavy atom. The maximum absolute atomic E-state index is 6.00. The minimum absolute atomic E-state index is 0.210. The van der Waals surface area contributed by atoms with E-state index in [1.807, 2.05) is 30.5 Å². The highest BCUT2D eigenvalue weighted by Gasteiger charge is 2.16. The van der Waals surface area contributed by atoms with E-state index < -0.39 is 0 Å². The molecule has 94 valence electrons. The van der Waals surface area contributed by atoms with Gasteiger partial charge in [-0.1, -0.05) is 18.2 Å². The number of ether oxygens (including phenoxy) is 1. The van der Waals surface area contributed by atoms with Crippen molar-refractivity contribution in [1.82, 2.24) is 4.98 Å². The lowest BCUT2D eigenvalue weighted by Crippen LogP contribution is -2.23. The number of hydrogen-bond acceptors (Lipinski definition) is 2. The standard InChI is InChI=1S/C16H19NO/c1-12-8-7-11-17-15(12)13-9-5-6-10-14(13)18-16(2,3)4/h5-11H,1-4H3. The largest absolute Gasteiger partial charge is 0.487 e. The molecule has 0 unspecified atom stereocenters. The van der Waals surface area contributed by atoms with Crippen LogP contribution >= 0.6 is 0 Å². The lowest BCUT2D eigenvalue weighted by atomic mass is 10.1. The van der Waals surface area contributed by atoms with Crippen LogP contribution in [0.25, 0.3) is 11.3 Å². The van der Waals surface area contributed by atoms with Gasteiger partial charge in [-0.15, -0.1) is 0 Å². The van der Waals surface area contributed by atoms with Crippen LogP contribution in [0.4, 0.5) is 0 Å². The molecule has 0 aliphatic heterocycles. The molecule has 0 spiro atoms. The normalized spacial score (nSPS) is 11.3. The molecule has 18 heavy (non-hydrogen) atoms. The summed E-state index contributed by atoms with van der Waals surface area (Å²) in [5, 5.41) is 0. The summed E-state index contributed by atoms with van der Waals surface area (Å²) in [5.74, 6) is 0.881. The van der Waals surface area contributed by atoms with E-state index >= 15 is 0 Å². The van der Waals surface area contributed by atoms with E-state index in [0.29, 0.717) is 0 Å². The fraction of sp³-hybridized carbons (Fsp3) is 0.312. The number of pyridine rings is 1. The maximum Gasteiger partial charge on any atom is 0.129 e. The van der Waals surface area contributed by atoms with E-state index in [4.69, 9.17) is 4.74 Å². The smallest absolute Gasteiger partial charge is 0.129 e. The zero-order valence-corrected chi connectivity index (χ0v) is 11.4. The van der Waals surface area contributed by atoms with E-state index in [1.165, 1.54) is 0 Å². The highest BCUT2D eigenvalue weighted by molar-refractivity contribution is 5.69. The predicted octanol–water partition coefficient (Wildman–Crippen LogP) is 4.23. The Labute approximate surface area is 109 Å². The molecule has 2 aromatic rings. The Hall–Kier alpha value is -1.83. The molecule has 0 bridgehead atoms. The zero-order valence-electron chi connectivity index (χ0n) is 11.4. The second kappa shape index (κ2) is 4.81. The average molecular weight is 241 g/mol. The van der Waals surface area contributed by atoms with Gasteiger partial charge in [0, 0.05) is 11.8 Å². The van der Waals surface area contributed by atoms with Crippen LogP contribution in [0, 0.1) is 6.92 Å². The fourth-order valence-electron chi connectivity index (χ4n) is 1.85. The van der Waals surface area contributed by atoms with Crippen LogP contribution in [0.1, 0.15) is 26.3 Å². The van der Waals surface area contributed by atoms with Crippen molar-refractivity contribution >= 4 is 0 Å². The van der Waals surface area contributed by atoms with Gasteiger partial charge in [0.2, 0.25) is 0 Å². The molecule has 1 heterocycles. The van der Waals surface area contributed by atoms with Crippen molar-refractivity contribution in [3.63, 3.8) is 0 Å². The highest BCUT2D eigenvalue weighted by atomic mass is 16.5. The first kappa shape index (κ1) is 12.6. The molecular formula is C16H19NO. The van der Waals surface area contributed by atoms with Crippen LogP contribution in [0.2, 0.25) is 0 Å². The number of benzene rings is 1. The molecule has 2 heteroatoms. The topological polar surface area (TPSA) is 22.1 Å². The van der Waals surface area contributed by atoms with Crippen LogP contribution in [0.15, 0.2) is 42.6 Å². The molecule has 1 aromatic heterocycles. The first-order valence-electron chi connectivity index (χ1n) is 6.17. The Balaban J connectivity index is 2.49. The van der Waals surface area contributed by atoms with Gasteiger partial charge in [0.15, 0.2) is 0 Å². The molecule has 0 aliphatic carbocycles. The summed E-state index contributed by atoms with van der Waals surface area (Å²) in [5.41, 5.74) is 2.98. The van der Waals surface area contributed by atoms with Gasteiger partial charge in [-0.25, -0.2) is 0 Å². The zero-order chi connectivity index (χ0) is 13.2. The number of nitrogens with zero attached hydrogens (tertiary/aromatic N) is 1. The number of para-hydroxylation sites is 1. The second-order valence-electron chi connectivity index (χ2n) is 5.38. The molecule has 0 fully saturated rings. The van der Waals surface area contributed by atoms with E-state index in [2.05, 4.69) is 44.8 Å². The molecule has 0 atom stereocenters. The average Bonchev–Trinajstić information content (AvgIpc) is 2.29. The van der Waals surface area contributed by atoms with Gasteiger partial charge in [-0.3, -0.25) is 4.98 Å². The van der Waals surface area contributed by atoms with Crippen molar-refractivity contribution in [2.24, 2.45) is 0 Å². The first-order valence-corrected chi connectivity index (χ1v) is 6.17. The molecule has 0 amide bonds. The lowest BCUT2D eigenvalue weighted by molar-refractivity contribution is 0.131. The van der Waals surface area contributed by atoms with Gasteiger partial charge in [-0.2, -0.15) is 0 Å². The third kappa shape index (κ3) is 2.89. The molecular weight excluding hydrogens is 222 g/mol. The monoisotopic (exact) mass is 241 g/mol. The Morgan fingerprint density at radius 1 is 1.00 bits per heavy atom. The summed E-state index contributed by atoms with van der Waals surface area (Å²) in [4.78, 5) is 4.46. The van der Waals surface area contributed by atoms with Crippen LogP contribution in [-0.2, 0) is 0 Å². The number of aryl methyl sites for hydroxylation is 1. The molecule has 0 aliphatic rings. The minimum Gasteiger partial charge on any atom is -0.487 e. The molecule has 2 nitrogen and oxygen atoms in total. The summed E-state index contributed by atoms with van der Waals surface area (Å²) in [7, 11) is 0. The SMILES string of the molecule is Cc1cccnc1-c1ccccc1OC(C)(C)C. The van der Waals surface area contributed by atoms with E-state index in [1.54, 1.807) is 0 Å². The first-order chi connectivity index (χ1) is 8.47. The molecule has 0 saturated heterocycles. The van der Waals surface area contributed by atoms with E-state index in [9.17, 15) is 0 Å². The molecule has 1 aromatic carbocycles. The number of hydrogen-bond donors (Lipinski definition) is 0. The van der Waals surface area contributed by atoms with Crippen molar-refractivity contribution in [3.8, 4) is 17.0 Å². The number of rotatable bonds is 2. The third-order valence-corrected chi connectivity index (χ3v) is 2.57. The van der Waals surface area contributed by atoms with Crippen molar-refractivity contribution in [1.29, 1.82) is 0 Å². The summed E-state index contributed by atoms with van der Waals surface area (Å²) in [6.45, 7) is 8.22. The van der Waals surface area contributed by atoms with Crippen molar-refractivity contribution in [3.05, 3.63) is 48.2 Å². The van der Waals surface area contributed by atoms with Gasteiger partial charge in [0.25, 0.3) is 0 Å². The molecule has 0 N–H and O–H groups in total. The van der Waals surface area contributed by atoms with Crippen LogP contribution in [0.3, 0.4) is 0 Å².